The number of benzene rings is 1. The first-order valence-corrected chi connectivity index (χ1v) is 12.6. The van der Waals surface area contributed by atoms with Crippen LogP contribution in [0.3, 0.4) is 0 Å². The van der Waals surface area contributed by atoms with Gasteiger partial charge in [0.15, 0.2) is 11.9 Å². The lowest BCUT2D eigenvalue weighted by Crippen LogP contribution is -2.35. The molecule has 1 aromatic heterocycles. The van der Waals surface area contributed by atoms with Crippen LogP contribution in [0.4, 0.5) is 0 Å². The SMILES string of the molecule is CCCCCCCCc1ncc(-c2ccc(OC(=O)[C@H]3COC4(CCCCC4)O3)cc2)cn1. The van der Waals surface area contributed by atoms with E-state index in [2.05, 4.69) is 16.9 Å². The van der Waals surface area contributed by atoms with Crippen LogP contribution in [0.2, 0.25) is 0 Å². The van der Waals surface area contributed by atoms with Crippen molar-refractivity contribution in [2.24, 2.45) is 0 Å². The van der Waals surface area contributed by atoms with Gasteiger partial charge in [0, 0.05) is 37.2 Å². The molecule has 2 aromatic rings. The molecule has 2 fully saturated rings. The summed E-state index contributed by atoms with van der Waals surface area (Å²) in [6.45, 7) is 2.50. The molecule has 0 unspecified atom stereocenters. The van der Waals surface area contributed by atoms with Gasteiger partial charge in [0.1, 0.15) is 11.6 Å². The summed E-state index contributed by atoms with van der Waals surface area (Å²) in [5, 5.41) is 0. The van der Waals surface area contributed by atoms with Gasteiger partial charge in [-0.25, -0.2) is 14.8 Å². The lowest BCUT2D eigenvalue weighted by Gasteiger charge is -2.31. The third kappa shape index (κ3) is 6.61. The molecular weight excluding hydrogens is 416 g/mol. The highest BCUT2D eigenvalue weighted by Crippen LogP contribution is 2.38. The first-order chi connectivity index (χ1) is 16.2. The number of unbranched alkanes of at least 4 members (excludes halogenated alkanes) is 5. The molecule has 1 aliphatic carbocycles. The number of esters is 1. The molecule has 0 radical (unpaired) electrons. The number of nitrogens with zero attached hydrogens (tertiary/aromatic N) is 2. The Bertz CT molecular complexity index is 876. The van der Waals surface area contributed by atoms with Gasteiger partial charge in [-0.3, -0.25) is 0 Å². The lowest BCUT2D eigenvalue weighted by atomic mass is 9.94. The van der Waals surface area contributed by atoms with Crippen LogP contribution < -0.4 is 4.74 Å². The molecule has 2 heterocycles. The molecule has 4 rings (SSSR count). The number of hydrogen-bond acceptors (Lipinski definition) is 6. The van der Waals surface area contributed by atoms with Gasteiger partial charge in [0.25, 0.3) is 0 Å². The zero-order valence-electron chi connectivity index (χ0n) is 19.8. The zero-order valence-corrected chi connectivity index (χ0v) is 19.8. The Labute approximate surface area is 197 Å². The number of ether oxygens (including phenoxy) is 3. The van der Waals surface area contributed by atoms with Crippen molar-refractivity contribution in [3.63, 3.8) is 0 Å². The molecule has 1 aromatic carbocycles. The van der Waals surface area contributed by atoms with E-state index in [-0.39, 0.29) is 6.61 Å². The molecule has 1 spiro atoms. The molecule has 178 valence electrons. The highest BCUT2D eigenvalue weighted by molar-refractivity contribution is 5.78. The quantitative estimate of drug-likeness (QED) is 0.249. The van der Waals surface area contributed by atoms with Crippen molar-refractivity contribution in [1.29, 1.82) is 0 Å². The van der Waals surface area contributed by atoms with E-state index in [0.29, 0.717) is 5.75 Å². The van der Waals surface area contributed by atoms with Crippen molar-refractivity contribution in [2.75, 3.05) is 6.61 Å². The summed E-state index contributed by atoms with van der Waals surface area (Å²) >= 11 is 0. The highest BCUT2D eigenvalue weighted by atomic mass is 16.8. The van der Waals surface area contributed by atoms with E-state index in [1.165, 1.54) is 38.5 Å². The van der Waals surface area contributed by atoms with E-state index in [1.807, 2.05) is 24.5 Å². The van der Waals surface area contributed by atoms with Crippen LogP contribution in [0.1, 0.15) is 83.4 Å². The monoisotopic (exact) mass is 452 g/mol. The maximum absolute atomic E-state index is 12.5. The van der Waals surface area contributed by atoms with E-state index < -0.39 is 17.9 Å². The van der Waals surface area contributed by atoms with Crippen molar-refractivity contribution in [3.05, 3.63) is 42.5 Å². The molecule has 0 bridgehead atoms. The summed E-state index contributed by atoms with van der Waals surface area (Å²) in [6, 6.07) is 7.43. The van der Waals surface area contributed by atoms with Crippen molar-refractivity contribution in [3.8, 4) is 16.9 Å². The Morgan fingerprint density at radius 1 is 0.970 bits per heavy atom. The zero-order chi connectivity index (χ0) is 22.9. The van der Waals surface area contributed by atoms with Crippen molar-refractivity contribution >= 4 is 5.97 Å². The Kier molecular flexibility index (Phi) is 8.46. The predicted molar refractivity (Wildman–Crippen MR) is 127 cm³/mol. The molecule has 2 aliphatic rings. The lowest BCUT2D eigenvalue weighted by molar-refractivity contribution is -0.193. The molecule has 33 heavy (non-hydrogen) atoms. The average Bonchev–Trinajstić information content (AvgIpc) is 3.26. The normalized spacial score (nSPS) is 19.6. The maximum atomic E-state index is 12.5. The fraction of sp³-hybridized carbons (Fsp3) is 0.593. The summed E-state index contributed by atoms with van der Waals surface area (Å²) in [5.74, 6) is 0.423. The molecule has 1 atom stereocenters. The average molecular weight is 453 g/mol. The number of aromatic nitrogens is 2. The van der Waals surface area contributed by atoms with Crippen LogP contribution in [0, 0.1) is 0 Å². The van der Waals surface area contributed by atoms with Crippen LogP contribution in [-0.2, 0) is 20.7 Å². The van der Waals surface area contributed by atoms with Gasteiger partial charge in [-0.2, -0.15) is 0 Å². The molecule has 0 N–H and O–H groups in total. The minimum atomic E-state index is -0.657. The molecule has 1 aliphatic heterocycles. The molecule has 6 heteroatoms. The maximum Gasteiger partial charge on any atom is 0.343 e. The Morgan fingerprint density at radius 2 is 1.67 bits per heavy atom. The standard InChI is InChI=1S/C27H36N2O4/c1-2-3-4-5-6-8-11-25-28-18-22(19-29-25)21-12-14-23(15-13-21)32-26(30)24-20-31-27(33-24)16-9-7-10-17-27/h12-15,18-19,24H,2-11,16-17,20H2,1H3/t24-/m1/s1. The topological polar surface area (TPSA) is 70.5 Å². The fourth-order valence-electron chi connectivity index (χ4n) is 4.62. The van der Waals surface area contributed by atoms with Crippen LogP contribution in [0.15, 0.2) is 36.7 Å². The summed E-state index contributed by atoms with van der Waals surface area (Å²) in [4.78, 5) is 21.6. The first-order valence-electron chi connectivity index (χ1n) is 12.6. The predicted octanol–water partition coefficient (Wildman–Crippen LogP) is 6.03. The molecule has 1 saturated heterocycles. The Hall–Kier alpha value is -2.31. The van der Waals surface area contributed by atoms with E-state index in [0.717, 1.165) is 55.5 Å². The first kappa shape index (κ1) is 23.8. The van der Waals surface area contributed by atoms with Crippen LogP contribution in [0.25, 0.3) is 11.1 Å². The third-order valence-corrected chi connectivity index (χ3v) is 6.60. The van der Waals surface area contributed by atoms with Gasteiger partial charge < -0.3 is 14.2 Å². The summed E-state index contributed by atoms with van der Waals surface area (Å²) in [6.07, 6.45) is 16.7. The van der Waals surface area contributed by atoms with Gasteiger partial charge >= 0.3 is 5.97 Å². The second-order valence-electron chi connectivity index (χ2n) is 9.24. The summed E-state index contributed by atoms with van der Waals surface area (Å²) in [5.41, 5.74) is 1.94. The van der Waals surface area contributed by atoms with Gasteiger partial charge in [-0.1, -0.05) is 57.6 Å². The summed E-state index contributed by atoms with van der Waals surface area (Å²) in [7, 11) is 0. The van der Waals surface area contributed by atoms with Gasteiger partial charge in [-0.15, -0.1) is 0 Å². The fourth-order valence-corrected chi connectivity index (χ4v) is 4.62. The Balaban J connectivity index is 1.24. The molecule has 1 saturated carbocycles. The molecular formula is C27H36N2O4. The van der Waals surface area contributed by atoms with E-state index in [4.69, 9.17) is 14.2 Å². The van der Waals surface area contributed by atoms with Crippen LogP contribution >= 0.6 is 0 Å². The second-order valence-corrected chi connectivity index (χ2v) is 9.24. The minimum absolute atomic E-state index is 0.263. The van der Waals surface area contributed by atoms with Crippen LogP contribution in [-0.4, -0.2) is 34.4 Å². The minimum Gasteiger partial charge on any atom is -0.425 e. The van der Waals surface area contributed by atoms with E-state index >= 15 is 0 Å². The van der Waals surface area contributed by atoms with Crippen LogP contribution in [0.5, 0.6) is 5.75 Å². The number of carbonyl (C=O) groups is 1. The number of carbonyl (C=O) groups excluding carboxylic acids is 1. The Morgan fingerprint density at radius 3 is 2.39 bits per heavy atom. The smallest absolute Gasteiger partial charge is 0.343 e. The van der Waals surface area contributed by atoms with Gasteiger partial charge in [0.05, 0.1) is 6.61 Å². The number of hydrogen-bond donors (Lipinski definition) is 0. The third-order valence-electron chi connectivity index (χ3n) is 6.60. The molecule has 6 nitrogen and oxygen atoms in total. The van der Waals surface area contributed by atoms with Gasteiger partial charge in [0.2, 0.25) is 0 Å². The van der Waals surface area contributed by atoms with Crippen molar-refractivity contribution < 1.29 is 19.0 Å². The number of rotatable bonds is 10. The van der Waals surface area contributed by atoms with Gasteiger partial charge in [-0.05, 0) is 37.0 Å². The highest BCUT2D eigenvalue weighted by Gasteiger charge is 2.45. The van der Waals surface area contributed by atoms with Crippen molar-refractivity contribution in [2.45, 2.75) is 95.9 Å². The second kappa shape index (κ2) is 11.7. The summed E-state index contributed by atoms with van der Waals surface area (Å²) < 4.78 is 17.4. The van der Waals surface area contributed by atoms with E-state index in [1.54, 1.807) is 12.1 Å². The van der Waals surface area contributed by atoms with Crippen molar-refractivity contribution in [1.82, 2.24) is 9.97 Å². The number of aryl methyl sites for hydroxylation is 1. The van der Waals surface area contributed by atoms with E-state index in [9.17, 15) is 4.79 Å². The molecule has 0 amide bonds. The largest absolute Gasteiger partial charge is 0.425 e.